The Kier molecular flexibility index (Phi) is 5.87. The molecule has 0 bridgehead atoms. The van der Waals surface area contributed by atoms with Crippen LogP contribution in [0.1, 0.15) is 30.1 Å². The molecule has 6 rings (SSSR count). The van der Waals surface area contributed by atoms with Gasteiger partial charge < -0.3 is 19.9 Å². The predicted molar refractivity (Wildman–Crippen MR) is 126 cm³/mol. The van der Waals surface area contributed by atoms with Crippen molar-refractivity contribution in [2.45, 2.75) is 44.0 Å². The standard InChI is InChI=1S/C25H28FN5O4/c26-18-10-29-20-3-4-23(33)31-17(14-35-25(18)24(20)31)12-30-6-5-19(21(32)13-30)28-9-16-8-15-2-1-7-34-22(15)11-27-16/h3-4,8,10-11,17,19,21,28,32H,1-2,5-7,9,12-14H2/t17-,19-,21+/m1/s1. The van der Waals surface area contributed by atoms with Crippen LogP contribution in [0.25, 0.3) is 11.0 Å². The fraction of sp³-hybridized carbons (Fsp3) is 0.480. The number of hydrogen-bond acceptors (Lipinski definition) is 8. The number of hydrogen-bond donors (Lipinski definition) is 2. The van der Waals surface area contributed by atoms with E-state index in [1.165, 1.54) is 11.6 Å². The molecule has 1 fully saturated rings. The number of likely N-dealkylation sites (tertiary alicyclic amines) is 1. The number of rotatable bonds is 5. The van der Waals surface area contributed by atoms with E-state index in [4.69, 9.17) is 9.47 Å². The van der Waals surface area contributed by atoms with E-state index in [1.807, 2.05) is 0 Å². The molecule has 0 amide bonds. The van der Waals surface area contributed by atoms with Gasteiger partial charge in [-0.15, -0.1) is 0 Å². The molecule has 0 saturated carbocycles. The summed E-state index contributed by atoms with van der Waals surface area (Å²) in [5.41, 5.74) is 2.84. The van der Waals surface area contributed by atoms with Gasteiger partial charge in [0.25, 0.3) is 5.56 Å². The van der Waals surface area contributed by atoms with Crippen molar-refractivity contribution in [1.82, 2.24) is 24.8 Å². The number of pyridine rings is 3. The number of fused-ring (bicyclic) bond motifs is 1. The number of piperidine rings is 1. The van der Waals surface area contributed by atoms with E-state index in [0.29, 0.717) is 30.7 Å². The van der Waals surface area contributed by atoms with Gasteiger partial charge in [0.15, 0.2) is 11.6 Å². The summed E-state index contributed by atoms with van der Waals surface area (Å²) in [6.07, 6.45) is 5.13. The van der Waals surface area contributed by atoms with Crippen LogP contribution in [-0.2, 0) is 13.0 Å². The molecule has 0 spiro atoms. The van der Waals surface area contributed by atoms with E-state index in [2.05, 4.69) is 26.3 Å². The maximum Gasteiger partial charge on any atom is 0.251 e. The minimum absolute atomic E-state index is 0.0480. The zero-order valence-corrected chi connectivity index (χ0v) is 19.3. The quantitative estimate of drug-likeness (QED) is 0.564. The maximum absolute atomic E-state index is 14.3. The first-order chi connectivity index (χ1) is 17.1. The summed E-state index contributed by atoms with van der Waals surface area (Å²) in [7, 11) is 0. The smallest absolute Gasteiger partial charge is 0.251 e. The average molecular weight is 482 g/mol. The van der Waals surface area contributed by atoms with Gasteiger partial charge in [0.2, 0.25) is 0 Å². The maximum atomic E-state index is 14.3. The van der Waals surface area contributed by atoms with E-state index < -0.39 is 11.9 Å². The Morgan fingerprint density at radius 3 is 3.03 bits per heavy atom. The highest BCUT2D eigenvalue weighted by molar-refractivity contribution is 5.82. The normalized spacial score (nSPS) is 24.0. The van der Waals surface area contributed by atoms with Gasteiger partial charge in [-0.25, -0.2) is 4.39 Å². The SMILES string of the molecule is O=c1ccc2ncc(F)c3c2n1[C@H](CN1CC[C@@H](NCc2cc4c(cn2)OCCC4)[C@@H](O)C1)CO3. The van der Waals surface area contributed by atoms with Gasteiger partial charge in [0.05, 0.1) is 42.4 Å². The van der Waals surface area contributed by atoms with E-state index in [1.54, 1.807) is 16.8 Å². The summed E-state index contributed by atoms with van der Waals surface area (Å²) in [5, 5.41) is 14.3. The molecule has 3 aliphatic heterocycles. The average Bonchev–Trinajstić information content (AvgIpc) is 2.87. The zero-order chi connectivity index (χ0) is 23.9. The zero-order valence-electron chi connectivity index (χ0n) is 19.3. The predicted octanol–water partition coefficient (Wildman–Crippen LogP) is 1.41. The molecule has 3 aromatic heterocycles. The first kappa shape index (κ1) is 22.4. The summed E-state index contributed by atoms with van der Waals surface area (Å²) >= 11 is 0. The number of nitrogens with zero attached hydrogens (tertiary/aromatic N) is 4. The van der Waals surface area contributed by atoms with Gasteiger partial charge in [0, 0.05) is 31.7 Å². The summed E-state index contributed by atoms with van der Waals surface area (Å²) in [6, 6.07) is 4.80. The van der Waals surface area contributed by atoms with E-state index in [-0.39, 0.29) is 30.0 Å². The van der Waals surface area contributed by atoms with Crippen LogP contribution in [0.3, 0.4) is 0 Å². The minimum Gasteiger partial charge on any atom is -0.492 e. The second-order valence-electron chi connectivity index (χ2n) is 9.51. The first-order valence-electron chi connectivity index (χ1n) is 12.1. The number of aliphatic hydroxyl groups is 1. The summed E-state index contributed by atoms with van der Waals surface area (Å²) < 4.78 is 27.2. The number of aryl methyl sites for hydroxylation is 1. The summed E-state index contributed by atoms with van der Waals surface area (Å²) in [4.78, 5) is 23.4. The van der Waals surface area contributed by atoms with E-state index in [9.17, 15) is 14.3 Å². The highest BCUT2D eigenvalue weighted by Crippen LogP contribution is 2.33. The Hall–Kier alpha value is -3.08. The topological polar surface area (TPSA) is 102 Å². The van der Waals surface area contributed by atoms with Crippen molar-refractivity contribution < 1.29 is 19.0 Å². The fourth-order valence-electron chi connectivity index (χ4n) is 5.39. The number of ether oxygens (including phenoxy) is 2. The van der Waals surface area contributed by atoms with Gasteiger partial charge >= 0.3 is 0 Å². The van der Waals surface area contributed by atoms with Crippen LogP contribution in [0.15, 0.2) is 35.4 Å². The Morgan fingerprint density at radius 2 is 2.14 bits per heavy atom. The van der Waals surface area contributed by atoms with Gasteiger partial charge in [0.1, 0.15) is 17.9 Å². The van der Waals surface area contributed by atoms with Crippen molar-refractivity contribution >= 4 is 11.0 Å². The lowest BCUT2D eigenvalue weighted by molar-refractivity contribution is 0.0294. The van der Waals surface area contributed by atoms with Gasteiger partial charge in [-0.2, -0.15) is 0 Å². The Morgan fingerprint density at radius 1 is 1.23 bits per heavy atom. The summed E-state index contributed by atoms with van der Waals surface area (Å²) in [5.74, 6) is 0.378. The van der Waals surface area contributed by atoms with Gasteiger partial charge in [-0.05, 0) is 43.5 Å². The molecule has 0 aliphatic carbocycles. The second-order valence-corrected chi connectivity index (χ2v) is 9.51. The molecule has 35 heavy (non-hydrogen) atoms. The second kappa shape index (κ2) is 9.18. The third kappa shape index (κ3) is 4.26. The molecule has 0 unspecified atom stereocenters. The lowest BCUT2D eigenvalue weighted by Crippen LogP contribution is -2.54. The number of nitrogens with one attached hydrogen (secondary N) is 1. The van der Waals surface area contributed by atoms with Gasteiger partial charge in [-0.1, -0.05) is 0 Å². The van der Waals surface area contributed by atoms with E-state index >= 15 is 0 Å². The molecule has 3 aliphatic rings. The van der Waals surface area contributed by atoms with Crippen molar-refractivity contribution in [3.8, 4) is 11.5 Å². The molecule has 0 radical (unpaired) electrons. The molecule has 184 valence electrons. The molecule has 9 nitrogen and oxygen atoms in total. The van der Waals surface area contributed by atoms with Crippen molar-refractivity contribution in [2.75, 3.05) is 32.8 Å². The highest BCUT2D eigenvalue weighted by Gasteiger charge is 2.32. The third-order valence-electron chi connectivity index (χ3n) is 7.17. The van der Waals surface area contributed by atoms with Crippen molar-refractivity contribution in [2.24, 2.45) is 0 Å². The van der Waals surface area contributed by atoms with Crippen molar-refractivity contribution in [1.29, 1.82) is 0 Å². The first-order valence-corrected chi connectivity index (χ1v) is 12.1. The van der Waals surface area contributed by atoms with Crippen LogP contribution >= 0.6 is 0 Å². The monoisotopic (exact) mass is 481 g/mol. The van der Waals surface area contributed by atoms with Crippen LogP contribution in [-0.4, -0.2) is 69.5 Å². The molecular formula is C25H28FN5O4. The molecule has 3 aromatic rings. The lowest BCUT2D eigenvalue weighted by atomic mass is 10.0. The molecule has 0 aromatic carbocycles. The molecule has 2 N–H and O–H groups in total. The highest BCUT2D eigenvalue weighted by atomic mass is 19.1. The Balaban J connectivity index is 1.10. The molecular weight excluding hydrogens is 453 g/mol. The van der Waals surface area contributed by atoms with Crippen LogP contribution in [0.5, 0.6) is 11.5 Å². The van der Waals surface area contributed by atoms with Crippen molar-refractivity contribution in [3.63, 3.8) is 0 Å². The summed E-state index contributed by atoms with van der Waals surface area (Å²) in [6.45, 7) is 3.26. The largest absolute Gasteiger partial charge is 0.492 e. The Labute approximate surface area is 201 Å². The third-order valence-corrected chi connectivity index (χ3v) is 7.17. The number of aliphatic hydroxyl groups excluding tert-OH is 1. The van der Waals surface area contributed by atoms with Gasteiger partial charge in [-0.3, -0.25) is 24.2 Å². The minimum atomic E-state index is -0.571. The van der Waals surface area contributed by atoms with Crippen LogP contribution in [0.4, 0.5) is 4.39 Å². The lowest BCUT2D eigenvalue weighted by Gasteiger charge is -2.39. The van der Waals surface area contributed by atoms with Crippen LogP contribution in [0, 0.1) is 5.82 Å². The number of halogens is 1. The van der Waals surface area contributed by atoms with Crippen molar-refractivity contribution in [3.05, 3.63) is 58.0 Å². The van der Waals surface area contributed by atoms with E-state index in [0.717, 1.165) is 50.1 Å². The van der Waals surface area contributed by atoms with Crippen LogP contribution < -0.4 is 20.3 Å². The molecule has 1 saturated heterocycles. The molecule has 10 heteroatoms. The molecule has 3 atom stereocenters. The van der Waals surface area contributed by atoms with Crippen LogP contribution in [0.2, 0.25) is 0 Å². The number of β-amino-alcohol motifs (C(OH)–C–C–N with tert-alkyl or cyclic N) is 1. The Bertz CT molecular complexity index is 1310. The molecule has 6 heterocycles. The fourth-order valence-corrected chi connectivity index (χ4v) is 5.39. The number of aromatic nitrogens is 3.